The maximum Gasteiger partial charge on any atom is 0.294 e. The fraction of sp³-hybridized carbons (Fsp3) is 0.600. The van der Waals surface area contributed by atoms with Crippen LogP contribution in [0.2, 0.25) is 0 Å². The Balaban J connectivity index is 2.09. The third-order valence-corrected chi connectivity index (χ3v) is 2.64. The van der Waals surface area contributed by atoms with E-state index in [2.05, 4.69) is 15.4 Å². The number of aromatic nitrogens is 2. The van der Waals surface area contributed by atoms with E-state index >= 15 is 0 Å². The van der Waals surface area contributed by atoms with E-state index in [1.807, 2.05) is 0 Å². The van der Waals surface area contributed by atoms with Gasteiger partial charge in [0.05, 0.1) is 0 Å². The average molecular weight is 208 g/mol. The van der Waals surface area contributed by atoms with Gasteiger partial charge in [-0.3, -0.25) is 10.2 Å². The maximum atomic E-state index is 11.7. The number of piperidine rings is 1. The molecule has 5 heteroatoms. The lowest BCUT2D eigenvalue weighted by Crippen LogP contribution is -2.38. The number of hydrogen-bond donors (Lipinski definition) is 1. The maximum absolute atomic E-state index is 11.7. The van der Waals surface area contributed by atoms with Gasteiger partial charge in [-0.25, -0.2) is 9.99 Å². The average Bonchev–Trinajstić information content (AvgIpc) is 2.26. The van der Waals surface area contributed by atoms with Crippen molar-refractivity contribution < 1.29 is 0 Å². The van der Waals surface area contributed by atoms with E-state index in [-0.39, 0.29) is 5.56 Å². The van der Waals surface area contributed by atoms with Crippen LogP contribution in [0.25, 0.3) is 0 Å². The van der Waals surface area contributed by atoms with Gasteiger partial charge < -0.3 is 4.57 Å². The van der Waals surface area contributed by atoms with Gasteiger partial charge in [0.25, 0.3) is 5.56 Å². The van der Waals surface area contributed by atoms with Gasteiger partial charge in [0.15, 0.2) is 0 Å². The Morgan fingerprint density at radius 3 is 2.80 bits per heavy atom. The van der Waals surface area contributed by atoms with Gasteiger partial charge >= 0.3 is 0 Å². The number of hydrazine groups is 1. The molecule has 0 unspecified atom stereocenters. The first-order chi connectivity index (χ1) is 7.27. The summed E-state index contributed by atoms with van der Waals surface area (Å²) in [5.74, 6) is 0.418. The summed E-state index contributed by atoms with van der Waals surface area (Å²) in [7, 11) is 1.73. The second-order valence-electron chi connectivity index (χ2n) is 3.85. The molecule has 0 saturated carbocycles. The minimum Gasteiger partial charge on any atom is -0.314 e. The summed E-state index contributed by atoms with van der Waals surface area (Å²) in [5, 5.41) is 2.06. The molecule has 0 amide bonds. The largest absolute Gasteiger partial charge is 0.314 e. The highest BCUT2D eigenvalue weighted by atomic mass is 16.1. The fourth-order valence-electron chi connectivity index (χ4n) is 1.73. The summed E-state index contributed by atoms with van der Waals surface area (Å²) in [6, 6.07) is 0. The van der Waals surface area contributed by atoms with Gasteiger partial charge in [0.1, 0.15) is 0 Å². The quantitative estimate of drug-likeness (QED) is 0.773. The number of nitrogens with zero attached hydrogens (tertiary/aromatic N) is 3. The zero-order chi connectivity index (χ0) is 10.7. The van der Waals surface area contributed by atoms with Crippen molar-refractivity contribution in [2.45, 2.75) is 19.3 Å². The molecule has 2 rings (SSSR count). The normalized spacial score (nSPS) is 17.7. The molecular formula is C10H16N4O. The topological polar surface area (TPSA) is 50.2 Å². The van der Waals surface area contributed by atoms with Crippen LogP contribution >= 0.6 is 0 Å². The fourth-order valence-corrected chi connectivity index (χ4v) is 1.73. The minimum absolute atomic E-state index is 0.0805. The van der Waals surface area contributed by atoms with E-state index < -0.39 is 0 Å². The zero-order valence-corrected chi connectivity index (χ0v) is 8.94. The molecule has 2 heterocycles. The molecule has 0 aromatic carbocycles. The van der Waals surface area contributed by atoms with Crippen LogP contribution in [0.4, 0.5) is 5.82 Å². The number of nitrogens with one attached hydrogen (secondary N) is 1. The van der Waals surface area contributed by atoms with Crippen molar-refractivity contribution in [3.05, 3.63) is 22.7 Å². The standard InChI is InChI=1S/C10H16N4O/c1-13-8-5-11-9(10(13)15)12-14-6-3-2-4-7-14/h5,8H,2-4,6-7H2,1H3,(H,11,12). The highest BCUT2D eigenvalue weighted by molar-refractivity contribution is 5.29. The second-order valence-corrected chi connectivity index (χ2v) is 3.85. The third kappa shape index (κ3) is 2.36. The number of aryl methyl sites for hydroxylation is 1. The molecule has 1 aromatic rings. The molecule has 1 saturated heterocycles. The third-order valence-electron chi connectivity index (χ3n) is 2.64. The lowest BCUT2D eigenvalue weighted by molar-refractivity contribution is 0.271. The summed E-state index contributed by atoms with van der Waals surface area (Å²) in [6.45, 7) is 1.97. The van der Waals surface area contributed by atoms with Crippen molar-refractivity contribution >= 4 is 5.82 Å². The van der Waals surface area contributed by atoms with E-state index in [9.17, 15) is 4.79 Å². The van der Waals surface area contributed by atoms with Gasteiger partial charge in [-0.15, -0.1) is 0 Å². The molecule has 1 fully saturated rings. The van der Waals surface area contributed by atoms with Crippen LogP contribution in [0.15, 0.2) is 17.2 Å². The number of hydrogen-bond acceptors (Lipinski definition) is 4. The summed E-state index contributed by atoms with van der Waals surface area (Å²) in [6.07, 6.45) is 6.93. The Hall–Kier alpha value is -1.36. The summed E-state index contributed by atoms with van der Waals surface area (Å²) in [4.78, 5) is 15.7. The minimum atomic E-state index is -0.0805. The molecule has 82 valence electrons. The van der Waals surface area contributed by atoms with Crippen molar-refractivity contribution in [2.75, 3.05) is 18.5 Å². The van der Waals surface area contributed by atoms with Crippen LogP contribution in [-0.4, -0.2) is 27.6 Å². The van der Waals surface area contributed by atoms with Crippen molar-refractivity contribution in [3.63, 3.8) is 0 Å². The molecule has 1 aromatic heterocycles. The molecule has 5 nitrogen and oxygen atoms in total. The molecule has 1 N–H and O–H groups in total. The van der Waals surface area contributed by atoms with E-state index in [4.69, 9.17) is 0 Å². The Labute approximate surface area is 88.7 Å². The van der Waals surface area contributed by atoms with Gasteiger partial charge in [0, 0.05) is 32.5 Å². The van der Waals surface area contributed by atoms with E-state index in [0.29, 0.717) is 5.82 Å². The van der Waals surface area contributed by atoms with E-state index in [1.54, 1.807) is 19.4 Å². The number of rotatable bonds is 2. The summed E-state index contributed by atoms with van der Waals surface area (Å²) in [5.41, 5.74) is 3.00. The van der Waals surface area contributed by atoms with Gasteiger partial charge in [-0.2, -0.15) is 0 Å². The first-order valence-corrected chi connectivity index (χ1v) is 5.30. The second kappa shape index (κ2) is 4.44. The SMILES string of the molecule is Cn1ccnc(NN2CCCCC2)c1=O. The predicted molar refractivity (Wildman–Crippen MR) is 58.5 cm³/mol. The van der Waals surface area contributed by atoms with Crippen molar-refractivity contribution in [2.24, 2.45) is 7.05 Å². The Bertz CT molecular complexity index is 381. The highest BCUT2D eigenvalue weighted by Crippen LogP contribution is 2.08. The van der Waals surface area contributed by atoms with Crippen molar-refractivity contribution in [3.8, 4) is 0 Å². The first-order valence-electron chi connectivity index (χ1n) is 5.30. The lowest BCUT2D eigenvalue weighted by Gasteiger charge is -2.26. The van der Waals surface area contributed by atoms with Crippen LogP contribution < -0.4 is 11.0 Å². The monoisotopic (exact) mass is 208 g/mol. The Morgan fingerprint density at radius 2 is 2.07 bits per heavy atom. The summed E-state index contributed by atoms with van der Waals surface area (Å²) >= 11 is 0. The van der Waals surface area contributed by atoms with E-state index in [1.165, 1.54) is 23.8 Å². The molecule has 0 bridgehead atoms. The van der Waals surface area contributed by atoms with Gasteiger partial charge in [-0.05, 0) is 12.8 Å². The van der Waals surface area contributed by atoms with E-state index in [0.717, 1.165) is 13.1 Å². The van der Waals surface area contributed by atoms with Crippen LogP contribution in [0.3, 0.4) is 0 Å². The molecule has 0 aliphatic carbocycles. The first kappa shape index (κ1) is 10.2. The van der Waals surface area contributed by atoms with Crippen LogP contribution in [0.5, 0.6) is 0 Å². The van der Waals surface area contributed by atoms with Crippen LogP contribution in [0.1, 0.15) is 19.3 Å². The van der Waals surface area contributed by atoms with Gasteiger partial charge in [0.2, 0.25) is 5.82 Å². The molecule has 15 heavy (non-hydrogen) atoms. The highest BCUT2D eigenvalue weighted by Gasteiger charge is 2.11. The Morgan fingerprint density at radius 1 is 1.33 bits per heavy atom. The lowest BCUT2D eigenvalue weighted by atomic mass is 10.2. The molecule has 1 aliphatic heterocycles. The van der Waals surface area contributed by atoms with Crippen molar-refractivity contribution in [1.29, 1.82) is 0 Å². The van der Waals surface area contributed by atoms with Gasteiger partial charge in [-0.1, -0.05) is 6.42 Å². The smallest absolute Gasteiger partial charge is 0.294 e. The zero-order valence-electron chi connectivity index (χ0n) is 8.94. The molecular weight excluding hydrogens is 192 g/mol. The Kier molecular flexibility index (Phi) is 3.01. The predicted octanol–water partition coefficient (Wildman–Crippen LogP) is 0.593. The molecule has 0 atom stereocenters. The molecule has 0 radical (unpaired) electrons. The van der Waals surface area contributed by atoms with Crippen LogP contribution in [0, 0.1) is 0 Å². The number of anilines is 1. The molecule has 0 spiro atoms. The van der Waals surface area contributed by atoms with Crippen LogP contribution in [-0.2, 0) is 7.05 Å². The molecule has 1 aliphatic rings. The summed E-state index contributed by atoms with van der Waals surface area (Å²) < 4.78 is 1.53. The van der Waals surface area contributed by atoms with Crippen molar-refractivity contribution in [1.82, 2.24) is 14.6 Å².